The molecule has 0 atom stereocenters. The van der Waals surface area contributed by atoms with Gasteiger partial charge in [-0.2, -0.15) is 18.4 Å². The van der Waals surface area contributed by atoms with Gasteiger partial charge < -0.3 is 5.11 Å². The van der Waals surface area contributed by atoms with Crippen LogP contribution in [0.15, 0.2) is 6.20 Å². The molecule has 3 nitrogen and oxygen atoms in total. The first-order valence-electron chi connectivity index (χ1n) is 3.76. The van der Waals surface area contributed by atoms with Crippen molar-refractivity contribution in [2.75, 3.05) is 0 Å². The molecule has 0 fully saturated rings. The smallest absolute Gasteiger partial charge is 0.420 e. The summed E-state index contributed by atoms with van der Waals surface area (Å²) in [6.45, 7) is 0. The summed E-state index contributed by atoms with van der Waals surface area (Å²) in [4.78, 5) is 3.00. The minimum Gasteiger partial charge on any atom is -0.504 e. The summed E-state index contributed by atoms with van der Waals surface area (Å²) in [6.07, 6.45) is -8.39. The van der Waals surface area contributed by atoms with Crippen LogP contribution in [0.25, 0.3) is 0 Å². The minimum absolute atomic E-state index is 0.228. The highest BCUT2D eigenvalue weighted by Gasteiger charge is 2.40. The fraction of sp³-hybridized carbons (Fsp3) is 0.250. The molecule has 0 aliphatic rings. The Kier molecular flexibility index (Phi) is 2.98. The first-order valence-corrected chi connectivity index (χ1v) is 3.76. The average molecular weight is 238 g/mol. The predicted molar refractivity (Wildman–Crippen MR) is 40.6 cm³/mol. The molecular formula is C8H3F5N2O. The monoisotopic (exact) mass is 238 g/mol. The quantitative estimate of drug-likeness (QED) is 0.765. The summed E-state index contributed by atoms with van der Waals surface area (Å²) in [6, 6.07) is 1.17. The highest BCUT2D eigenvalue weighted by atomic mass is 19.4. The molecule has 0 saturated heterocycles. The van der Waals surface area contributed by atoms with Crippen LogP contribution in [-0.2, 0) is 6.18 Å². The van der Waals surface area contributed by atoms with Crippen molar-refractivity contribution in [3.05, 3.63) is 23.0 Å². The number of nitriles is 1. The third-order valence-electron chi connectivity index (χ3n) is 1.71. The maximum Gasteiger partial charge on any atom is 0.420 e. The van der Waals surface area contributed by atoms with Gasteiger partial charge in [-0.25, -0.2) is 13.8 Å². The van der Waals surface area contributed by atoms with E-state index in [1.165, 1.54) is 6.07 Å². The van der Waals surface area contributed by atoms with E-state index < -0.39 is 35.2 Å². The summed E-state index contributed by atoms with van der Waals surface area (Å²) in [5, 5.41) is 17.3. The number of aromatic nitrogens is 1. The van der Waals surface area contributed by atoms with Gasteiger partial charge in [-0.3, -0.25) is 0 Å². The first-order chi connectivity index (χ1) is 7.29. The van der Waals surface area contributed by atoms with Crippen LogP contribution in [0.1, 0.15) is 23.2 Å². The third-order valence-corrected chi connectivity index (χ3v) is 1.71. The number of alkyl halides is 5. The number of pyridine rings is 1. The summed E-state index contributed by atoms with van der Waals surface area (Å²) >= 11 is 0. The van der Waals surface area contributed by atoms with Crippen molar-refractivity contribution in [2.24, 2.45) is 0 Å². The Bertz CT molecular complexity index is 449. The molecule has 1 N–H and O–H groups in total. The van der Waals surface area contributed by atoms with E-state index in [1.807, 2.05) is 0 Å². The van der Waals surface area contributed by atoms with Gasteiger partial charge in [0, 0.05) is 6.20 Å². The van der Waals surface area contributed by atoms with E-state index in [0.717, 1.165) is 0 Å². The Morgan fingerprint density at radius 1 is 1.38 bits per heavy atom. The first kappa shape index (κ1) is 12.2. The van der Waals surface area contributed by atoms with Crippen LogP contribution < -0.4 is 0 Å². The molecule has 86 valence electrons. The van der Waals surface area contributed by atoms with Gasteiger partial charge in [0.15, 0.2) is 11.4 Å². The zero-order valence-electron chi connectivity index (χ0n) is 7.39. The number of rotatable bonds is 1. The largest absolute Gasteiger partial charge is 0.504 e. The van der Waals surface area contributed by atoms with E-state index in [0.29, 0.717) is 0 Å². The number of nitrogens with zero attached hydrogens (tertiary/aromatic N) is 2. The Hall–Kier alpha value is -1.91. The van der Waals surface area contributed by atoms with Crippen molar-refractivity contribution in [1.29, 1.82) is 5.26 Å². The molecule has 16 heavy (non-hydrogen) atoms. The van der Waals surface area contributed by atoms with Gasteiger partial charge in [0.1, 0.15) is 11.6 Å². The van der Waals surface area contributed by atoms with Crippen LogP contribution >= 0.6 is 0 Å². The molecule has 8 heteroatoms. The van der Waals surface area contributed by atoms with Crippen LogP contribution in [-0.4, -0.2) is 10.1 Å². The molecule has 0 aromatic carbocycles. The summed E-state index contributed by atoms with van der Waals surface area (Å²) in [7, 11) is 0. The van der Waals surface area contributed by atoms with Gasteiger partial charge in [-0.15, -0.1) is 0 Å². The summed E-state index contributed by atoms with van der Waals surface area (Å²) < 4.78 is 61.5. The van der Waals surface area contributed by atoms with Crippen molar-refractivity contribution in [1.82, 2.24) is 4.98 Å². The van der Waals surface area contributed by atoms with E-state index in [4.69, 9.17) is 10.4 Å². The molecule has 1 rings (SSSR count). The molecule has 0 bridgehead atoms. The van der Waals surface area contributed by atoms with Crippen molar-refractivity contribution in [3.63, 3.8) is 0 Å². The average Bonchev–Trinajstić information content (AvgIpc) is 2.14. The standard InChI is InChI=1S/C8H3F5N2O/c9-7(10)3-2-15-4(1-14)6(16)5(3)8(11,12)13/h2,7,16H. The second kappa shape index (κ2) is 3.92. The molecule has 0 aliphatic heterocycles. The predicted octanol–water partition coefficient (Wildman–Crippen LogP) is 2.62. The molecule has 0 amide bonds. The molecular weight excluding hydrogens is 235 g/mol. The zero-order chi connectivity index (χ0) is 12.5. The maximum atomic E-state index is 12.4. The van der Waals surface area contributed by atoms with Crippen LogP contribution in [0.5, 0.6) is 5.75 Å². The van der Waals surface area contributed by atoms with E-state index >= 15 is 0 Å². The lowest BCUT2D eigenvalue weighted by molar-refractivity contribution is -0.140. The van der Waals surface area contributed by atoms with Crippen molar-refractivity contribution in [2.45, 2.75) is 12.6 Å². The zero-order valence-corrected chi connectivity index (χ0v) is 7.39. The van der Waals surface area contributed by atoms with Crippen LogP contribution in [0, 0.1) is 11.3 Å². The Balaban J connectivity index is 3.58. The third kappa shape index (κ3) is 2.03. The van der Waals surface area contributed by atoms with Gasteiger partial charge in [-0.1, -0.05) is 0 Å². The Morgan fingerprint density at radius 2 is 1.94 bits per heavy atom. The Labute approximate surface area is 85.8 Å². The van der Waals surface area contributed by atoms with Crippen molar-refractivity contribution in [3.8, 4) is 11.8 Å². The van der Waals surface area contributed by atoms with Gasteiger partial charge in [0.2, 0.25) is 0 Å². The van der Waals surface area contributed by atoms with E-state index in [9.17, 15) is 22.0 Å². The van der Waals surface area contributed by atoms with Crippen LogP contribution in [0.4, 0.5) is 22.0 Å². The lowest BCUT2D eigenvalue weighted by atomic mass is 10.1. The van der Waals surface area contributed by atoms with Gasteiger partial charge in [0.25, 0.3) is 6.43 Å². The lowest BCUT2D eigenvalue weighted by Gasteiger charge is -2.13. The highest BCUT2D eigenvalue weighted by molar-refractivity contribution is 5.48. The van der Waals surface area contributed by atoms with Crippen molar-refractivity contribution >= 4 is 0 Å². The Morgan fingerprint density at radius 3 is 2.31 bits per heavy atom. The molecule has 0 spiro atoms. The maximum absolute atomic E-state index is 12.4. The van der Waals surface area contributed by atoms with E-state index in [-0.39, 0.29) is 6.20 Å². The number of halogens is 5. The van der Waals surface area contributed by atoms with E-state index in [1.54, 1.807) is 0 Å². The highest BCUT2D eigenvalue weighted by Crippen LogP contribution is 2.42. The molecule has 0 aliphatic carbocycles. The summed E-state index contributed by atoms with van der Waals surface area (Å²) in [5.74, 6) is -1.58. The summed E-state index contributed by atoms with van der Waals surface area (Å²) in [5.41, 5.74) is -4.32. The minimum atomic E-state index is -5.18. The van der Waals surface area contributed by atoms with Crippen LogP contribution in [0.2, 0.25) is 0 Å². The molecule has 0 saturated carbocycles. The number of aromatic hydroxyl groups is 1. The number of hydrogen-bond donors (Lipinski definition) is 1. The molecule has 1 aromatic heterocycles. The van der Waals surface area contributed by atoms with Crippen LogP contribution in [0.3, 0.4) is 0 Å². The van der Waals surface area contributed by atoms with E-state index in [2.05, 4.69) is 4.98 Å². The van der Waals surface area contributed by atoms with Gasteiger partial charge in [-0.05, 0) is 0 Å². The van der Waals surface area contributed by atoms with Crippen molar-refractivity contribution < 1.29 is 27.1 Å². The molecule has 0 radical (unpaired) electrons. The number of hydrogen-bond acceptors (Lipinski definition) is 3. The molecule has 0 unspecified atom stereocenters. The SMILES string of the molecule is N#Cc1ncc(C(F)F)c(C(F)(F)F)c1O. The van der Waals surface area contributed by atoms with Gasteiger partial charge in [0.05, 0.1) is 5.56 Å². The second-order valence-corrected chi connectivity index (χ2v) is 2.70. The second-order valence-electron chi connectivity index (χ2n) is 2.70. The normalized spacial score (nSPS) is 11.6. The topological polar surface area (TPSA) is 56.9 Å². The fourth-order valence-electron chi connectivity index (χ4n) is 1.06. The lowest BCUT2D eigenvalue weighted by Crippen LogP contribution is -2.11. The molecule has 1 aromatic rings. The van der Waals surface area contributed by atoms with Gasteiger partial charge >= 0.3 is 6.18 Å². The molecule has 1 heterocycles. The fourth-order valence-corrected chi connectivity index (χ4v) is 1.06.